The van der Waals surface area contributed by atoms with Gasteiger partial charge in [-0.2, -0.15) is 0 Å². The van der Waals surface area contributed by atoms with Crippen LogP contribution in [0, 0.1) is 6.92 Å². The zero-order chi connectivity index (χ0) is 17.6. The number of hydrogen-bond donors (Lipinski definition) is 1. The van der Waals surface area contributed by atoms with Crippen molar-refractivity contribution in [2.75, 3.05) is 0 Å². The van der Waals surface area contributed by atoms with Crippen LogP contribution in [0.1, 0.15) is 27.0 Å². The predicted octanol–water partition coefficient (Wildman–Crippen LogP) is 3.46. The summed E-state index contributed by atoms with van der Waals surface area (Å²) >= 11 is 0. The molecule has 0 fully saturated rings. The van der Waals surface area contributed by atoms with Gasteiger partial charge in [-0.15, -0.1) is 0 Å². The van der Waals surface area contributed by atoms with Crippen LogP contribution in [0.15, 0.2) is 60.7 Å². The van der Waals surface area contributed by atoms with Crippen LogP contribution >= 0.6 is 0 Å². The van der Waals surface area contributed by atoms with Crippen LogP contribution in [-0.2, 0) is 0 Å². The number of carbonyl (C=O) groups is 1. The Morgan fingerprint density at radius 2 is 1.76 bits per heavy atom. The van der Waals surface area contributed by atoms with Crippen LogP contribution in [-0.4, -0.2) is 11.1 Å². The molecule has 1 aliphatic rings. The van der Waals surface area contributed by atoms with Crippen molar-refractivity contribution < 1.29 is 14.6 Å². The van der Waals surface area contributed by atoms with Crippen LogP contribution in [0.4, 0.5) is 0 Å². The summed E-state index contributed by atoms with van der Waals surface area (Å²) in [6.45, 7) is 5.85. The van der Waals surface area contributed by atoms with Gasteiger partial charge in [0.05, 0.1) is 5.56 Å². The van der Waals surface area contributed by atoms with E-state index in [0.717, 1.165) is 27.1 Å². The predicted molar refractivity (Wildman–Crippen MR) is 97.5 cm³/mol. The minimum absolute atomic E-state index is 0.288. The molecule has 0 atom stereocenters. The Morgan fingerprint density at radius 1 is 0.960 bits per heavy atom. The fourth-order valence-electron chi connectivity index (χ4n) is 3.23. The number of hydrogen-bond acceptors (Lipinski definition) is 2. The van der Waals surface area contributed by atoms with Crippen molar-refractivity contribution in [3.63, 3.8) is 0 Å². The first-order chi connectivity index (χ1) is 12.0. The van der Waals surface area contributed by atoms with Gasteiger partial charge in [0, 0.05) is 16.4 Å². The molecule has 25 heavy (non-hydrogen) atoms. The molecule has 3 heteroatoms. The highest BCUT2D eigenvalue weighted by atomic mass is 16.5. The summed E-state index contributed by atoms with van der Waals surface area (Å²) in [5, 5.41) is 11.4. The van der Waals surface area contributed by atoms with Crippen LogP contribution in [0.5, 0.6) is 11.5 Å². The van der Waals surface area contributed by atoms with E-state index in [9.17, 15) is 9.90 Å². The Kier molecular flexibility index (Phi) is 3.43. The van der Waals surface area contributed by atoms with Crippen molar-refractivity contribution in [2.45, 2.75) is 6.92 Å². The molecule has 0 saturated heterocycles. The zero-order valence-electron chi connectivity index (χ0n) is 13.7. The Hall–Kier alpha value is -3.33. The molecule has 0 aromatic heterocycles. The maximum absolute atomic E-state index is 11.8. The third kappa shape index (κ3) is 2.50. The van der Waals surface area contributed by atoms with Gasteiger partial charge in [0.15, 0.2) is 0 Å². The highest BCUT2D eigenvalue weighted by Gasteiger charge is 2.23. The summed E-state index contributed by atoms with van der Waals surface area (Å²) in [6, 6.07) is 18.9. The van der Waals surface area contributed by atoms with E-state index in [1.807, 2.05) is 61.5 Å². The molecular weight excluding hydrogens is 312 g/mol. The lowest BCUT2D eigenvalue weighted by Crippen LogP contribution is -2.20. The summed E-state index contributed by atoms with van der Waals surface area (Å²) < 4.78 is 6.03. The molecule has 1 heterocycles. The Labute approximate surface area is 145 Å². The number of benzene rings is 3. The van der Waals surface area contributed by atoms with Gasteiger partial charge in [-0.1, -0.05) is 54.6 Å². The van der Waals surface area contributed by atoms with Gasteiger partial charge >= 0.3 is 5.97 Å². The molecule has 0 saturated carbocycles. The van der Waals surface area contributed by atoms with Crippen LogP contribution in [0.2, 0.25) is 0 Å². The fourth-order valence-corrected chi connectivity index (χ4v) is 3.23. The third-order valence-corrected chi connectivity index (χ3v) is 4.37. The minimum Gasteiger partial charge on any atom is -0.478 e. The largest absolute Gasteiger partial charge is 0.478 e. The summed E-state index contributed by atoms with van der Waals surface area (Å²) in [7, 11) is 0. The van der Waals surface area contributed by atoms with Gasteiger partial charge in [-0.3, -0.25) is 0 Å². The van der Waals surface area contributed by atoms with E-state index in [4.69, 9.17) is 4.74 Å². The Balaban J connectivity index is 2.17. The second-order valence-electron chi connectivity index (χ2n) is 6.16. The van der Waals surface area contributed by atoms with Gasteiger partial charge in [0.1, 0.15) is 11.5 Å². The topological polar surface area (TPSA) is 46.5 Å². The Bertz CT molecular complexity index is 1130. The number of aromatic carboxylic acids is 1. The van der Waals surface area contributed by atoms with Gasteiger partial charge in [-0.05, 0) is 35.9 Å². The molecule has 0 aliphatic carbocycles. The van der Waals surface area contributed by atoms with Crippen molar-refractivity contribution >= 4 is 18.1 Å². The SMILES string of the molecule is C=c1ccc2c(c1)Oc1ccccc1C=2c1ccc(C)cc1C(=O)O. The first kappa shape index (κ1) is 15.2. The molecule has 0 amide bonds. The molecule has 0 bridgehead atoms. The number of carboxylic acid groups (broad SMARTS) is 1. The lowest BCUT2D eigenvalue weighted by Gasteiger charge is -2.22. The van der Waals surface area contributed by atoms with E-state index in [1.54, 1.807) is 6.07 Å². The Morgan fingerprint density at radius 3 is 2.56 bits per heavy atom. The van der Waals surface area contributed by atoms with Gasteiger partial charge in [0.2, 0.25) is 0 Å². The zero-order valence-corrected chi connectivity index (χ0v) is 13.7. The standard InChI is InChI=1S/C22H16O3/c1-13-7-9-15(18(11-13)22(23)24)21-16-5-3-4-6-19(16)25-20-12-14(2)8-10-17(20)21/h3-12H,2H2,1H3,(H,23,24). The molecule has 3 nitrogen and oxygen atoms in total. The van der Waals surface area contributed by atoms with Crippen LogP contribution in [0.25, 0.3) is 12.2 Å². The molecule has 0 radical (unpaired) electrons. The first-order valence-electron chi connectivity index (χ1n) is 7.99. The molecule has 4 rings (SSSR count). The van der Waals surface area contributed by atoms with Gasteiger partial charge in [-0.25, -0.2) is 4.79 Å². The van der Waals surface area contributed by atoms with E-state index in [1.165, 1.54) is 0 Å². The normalized spacial score (nSPS) is 12.1. The van der Waals surface area contributed by atoms with Gasteiger partial charge < -0.3 is 9.84 Å². The van der Waals surface area contributed by atoms with E-state index in [2.05, 4.69) is 6.58 Å². The van der Waals surface area contributed by atoms with E-state index in [-0.39, 0.29) is 5.56 Å². The number of ether oxygens (including phenoxy) is 1. The molecule has 0 spiro atoms. The molecule has 122 valence electrons. The van der Waals surface area contributed by atoms with Crippen LogP contribution < -0.4 is 15.2 Å². The van der Waals surface area contributed by atoms with Crippen molar-refractivity contribution in [3.05, 3.63) is 93.4 Å². The van der Waals surface area contributed by atoms with E-state index in [0.29, 0.717) is 17.1 Å². The lowest BCUT2D eigenvalue weighted by atomic mass is 9.89. The molecule has 3 aromatic carbocycles. The summed E-state index contributed by atoms with van der Waals surface area (Å²) in [5.74, 6) is 0.469. The highest BCUT2D eigenvalue weighted by Crippen LogP contribution is 2.36. The molecule has 0 unspecified atom stereocenters. The average molecular weight is 328 g/mol. The van der Waals surface area contributed by atoms with Crippen molar-refractivity contribution in [3.8, 4) is 11.5 Å². The maximum Gasteiger partial charge on any atom is 0.336 e. The molecular formula is C22H16O3. The monoisotopic (exact) mass is 328 g/mol. The third-order valence-electron chi connectivity index (χ3n) is 4.37. The molecule has 1 N–H and O–H groups in total. The highest BCUT2D eigenvalue weighted by molar-refractivity contribution is 5.98. The second-order valence-corrected chi connectivity index (χ2v) is 6.16. The van der Waals surface area contributed by atoms with Crippen molar-refractivity contribution in [2.24, 2.45) is 0 Å². The molecule has 1 aliphatic heterocycles. The van der Waals surface area contributed by atoms with Crippen LogP contribution in [0.3, 0.4) is 0 Å². The quantitative estimate of drug-likeness (QED) is 0.613. The number of rotatable bonds is 2. The number of para-hydroxylation sites is 1. The van der Waals surface area contributed by atoms with E-state index >= 15 is 0 Å². The van der Waals surface area contributed by atoms with Gasteiger partial charge in [0.25, 0.3) is 0 Å². The number of carboxylic acids is 1. The number of fused-ring (bicyclic) bond motifs is 2. The lowest BCUT2D eigenvalue weighted by molar-refractivity contribution is 0.0696. The number of aryl methyl sites for hydroxylation is 1. The summed E-state index contributed by atoms with van der Waals surface area (Å²) in [6.07, 6.45) is 0. The molecule has 3 aromatic rings. The fraction of sp³-hybridized carbons (Fsp3) is 0.0455. The smallest absolute Gasteiger partial charge is 0.336 e. The first-order valence-corrected chi connectivity index (χ1v) is 7.99. The minimum atomic E-state index is -0.939. The average Bonchev–Trinajstić information content (AvgIpc) is 2.59. The van der Waals surface area contributed by atoms with E-state index < -0.39 is 5.97 Å². The summed E-state index contributed by atoms with van der Waals surface area (Å²) in [4.78, 5) is 11.8. The van der Waals surface area contributed by atoms with Crippen molar-refractivity contribution in [1.82, 2.24) is 0 Å². The second kappa shape index (κ2) is 5.64. The maximum atomic E-state index is 11.8. The van der Waals surface area contributed by atoms with Crippen molar-refractivity contribution in [1.29, 1.82) is 0 Å². The summed E-state index contributed by atoms with van der Waals surface area (Å²) in [5.41, 5.74) is 3.64.